The predicted molar refractivity (Wildman–Crippen MR) is 87.5 cm³/mol. The number of hydrogen-bond acceptors (Lipinski definition) is 2. The highest BCUT2D eigenvalue weighted by atomic mass is 16.2. The molecule has 1 aromatic carbocycles. The van der Waals surface area contributed by atoms with Gasteiger partial charge in [-0.25, -0.2) is 0 Å². The molecule has 1 aliphatic rings. The van der Waals surface area contributed by atoms with E-state index >= 15 is 0 Å². The van der Waals surface area contributed by atoms with Crippen molar-refractivity contribution >= 4 is 5.91 Å². The molecule has 1 fully saturated rings. The van der Waals surface area contributed by atoms with Gasteiger partial charge in [0.15, 0.2) is 0 Å². The summed E-state index contributed by atoms with van der Waals surface area (Å²) in [6, 6.07) is 7.12. The number of hydrogen-bond donors (Lipinski definition) is 1. The molecular formula is C18H28N2O. The molecule has 0 spiro atoms. The number of rotatable bonds is 4. The Balaban J connectivity index is 2.07. The minimum absolute atomic E-state index is 0.269. The van der Waals surface area contributed by atoms with Crippen molar-refractivity contribution in [1.29, 1.82) is 0 Å². The molecule has 0 saturated carbocycles. The lowest BCUT2D eigenvalue weighted by molar-refractivity contribution is -0.134. The van der Waals surface area contributed by atoms with Crippen molar-refractivity contribution in [2.24, 2.45) is 0 Å². The van der Waals surface area contributed by atoms with Crippen LogP contribution in [-0.2, 0) is 11.2 Å². The Morgan fingerprint density at radius 3 is 2.62 bits per heavy atom. The standard InChI is InChI=1S/C18H28N2O/c1-5-16-12-20(17(6-2)11-19-16)18(21)10-15-8-7-13(3)14(4)9-15/h7-9,16-17,19H,5-6,10-12H2,1-4H3. The minimum Gasteiger partial charge on any atom is -0.337 e. The molecule has 1 saturated heterocycles. The lowest BCUT2D eigenvalue weighted by Gasteiger charge is -2.40. The van der Waals surface area contributed by atoms with E-state index in [-0.39, 0.29) is 5.91 Å². The SMILES string of the molecule is CCC1CN(C(=O)Cc2ccc(C)c(C)c2)C(CC)CN1. The molecular weight excluding hydrogens is 260 g/mol. The lowest BCUT2D eigenvalue weighted by atomic mass is 10.0. The van der Waals surface area contributed by atoms with Crippen molar-refractivity contribution < 1.29 is 4.79 Å². The van der Waals surface area contributed by atoms with Crippen LogP contribution in [-0.4, -0.2) is 36.0 Å². The first-order valence-corrected chi connectivity index (χ1v) is 8.14. The largest absolute Gasteiger partial charge is 0.337 e. The Morgan fingerprint density at radius 1 is 1.24 bits per heavy atom. The van der Waals surface area contributed by atoms with Crippen LogP contribution < -0.4 is 5.32 Å². The predicted octanol–water partition coefficient (Wildman–Crippen LogP) is 2.83. The molecule has 1 aliphatic heterocycles. The molecule has 0 bridgehead atoms. The molecule has 3 heteroatoms. The molecule has 21 heavy (non-hydrogen) atoms. The van der Waals surface area contributed by atoms with Crippen LogP contribution in [0.4, 0.5) is 0 Å². The lowest BCUT2D eigenvalue weighted by Crippen LogP contribution is -2.58. The van der Waals surface area contributed by atoms with E-state index in [4.69, 9.17) is 0 Å². The van der Waals surface area contributed by atoms with E-state index in [2.05, 4.69) is 56.1 Å². The zero-order valence-electron chi connectivity index (χ0n) is 13.8. The van der Waals surface area contributed by atoms with Crippen LogP contribution in [0.15, 0.2) is 18.2 Å². The zero-order valence-corrected chi connectivity index (χ0v) is 13.8. The number of nitrogens with zero attached hydrogens (tertiary/aromatic N) is 1. The summed E-state index contributed by atoms with van der Waals surface area (Å²) in [6.45, 7) is 10.3. The van der Waals surface area contributed by atoms with Gasteiger partial charge in [0.25, 0.3) is 0 Å². The maximum atomic E-state index is 12.7. The van der Waals surface area contributed by atoms with Gasteiger partial charge < -0.3 is 10.2 Å². The highest BCUT2D eigenvalue weighted by molar-refractivity contribution is 5.79. The van der Waals surface area contributed by atoms with Crippen LogP contribution in [0.3, 0.4) is 0 Å². The smallest absolute Gasteiger partial charge is 0.227 e. The monoisotopic (exact) mass is 288 g/mol. The molecule has 1 amide bonds. The first-order chi connectivity index (χ1) is 10.0. The summed E-state index contributed by atoms with van der Waals surface area (Å²) in [5.41, 5.74) is 3.68. The molecule has 0 aliphatic carbocycles. The van der Waals surface area contributed by atoms with Gasteiger partial charge >= 0.3 is 0 Å². The summed E-state index contributed by atoms with van der Waals surface area (Å²) in [5.74, 6) is 0.269. The third-order valence-corrected chi connectivity index (χ3v) is 4.71. The third kappa shape index (κ3) is 3.85. The highest BCUT2D eigenvalue weighted by Crippen LogP contribution is 2.16. The Kier molecular flexibility index (Phi) is 5.40. The van der Waals surface area contributed by atoms with E-state index in [0.717, 1.165) is 31.5 Å². The second-order valence-corrected chi connectivity index (χ2v) is 6.22. The van der Waals surface area contributed by atoms with E-state index in [0.29, 0.717) is 18.5 Å². The van der Waals surface area contributed by atoms with Gasteiger partial charge in [-0.2, -0.15) is 0 Å². The van der Waals surface area contributed by atoms with Gasteiger partial charge in [0, 0.05) is 25.2 Å². The van der Waals surface area contributed by atoms with Crippen molar-refractivity contribution in [2.45, 2.75) is 59.0 Å². The fourth-order valence-electron chi connectivity index (χ4n) is 3.00. The summed E-state index contributed by atoms with van der Waals surface area (Å²) in [4.78, 5) is 14.8. The summed E-state index contributed by atoms with van der Waals surface area (Å²) < 4.78 is 0. The molecule has 1 N–H and O–H groups in total. The average Bonchev–Trinajstić information content (AvgIpc) is 2.50. The number of nitrogens with one attached hydrogen (secondary N) is 1. The Labute approximate surface area is 128 Å². The second kappa shape index (κ2) is 7.08. The number of piperazine rings is 1. The summed E-state index contributed by atoms with van der Waals surface area (Å²) in [6.07, 6.45) is 2.61. The van der Waals surface area contributed by atoms with Gasteiger partial charge in [-0.15, -0.1) is 0 Å². The number of carbonyl (C=O) groups is 1. The van der Waals surface area contributed by atoms with Crippen molar-refractivity contribution in [3.63, 3.8) is 0 Å². The molecule has 116 valence electrons. The Morgan fingerprint density at radius 2 is 2.00 bits per heavy atom. The maximum absolute atomic E-state index is 12.7. The number of amides is 1. The number of carbonyl (C=O) groups excluding carboxylic acids is 1. The summed E-state index contributed by atoms with van der Waals surface area (Å²) in [7, 11) is 0. The number of aryl methyl sites for hydroxylation is 2. The molecule has 3 nitrogen and oxygen atoms in total. The topological polar surface area (TPSA) is 32.3 Å². The first-order valence-electron chi connectivity index (χ1n) is 8.14. The summed E-state index contributed by atoms with van der Waals surface area (Å²) in [5, 5.41) is 3.54. The molecule has 2 atom stereocenters. The van der Waals surface area contributed by atoms with Gasteiger partial charge in [0.2, 0.25) is 5.91 Å². The molecule has 1 aromatic rings. The fraction of sp³-hybridized carbons (Fsp3) is 0.611. The van der Waals surface area contributed by atoms with E-state index in [1.54, 1.807) is 0 Å². The van der Waals surface area contributed by atoms with Crippen LogP contribution in [0.1, 0.15) is 43.4 Å². The van der Waals surface area contributed by atoms with Crippen molar-refractivity contribution in [3.05, 3.63) is 34.9 Å². The van der Waals surface area contributed by atoms with Crippen LogP contribution in [0.25, 0.3) is 0 Å². The second-order valence-electron chi connectivity index (χ2n) is 6.22. The molecule has 0 aromatic heterocycles. The minimum atomic E-state index is 0.269. The van der Waals surface area contributed by atoms with Gasteiger partial charge in [-0.3, -0.25) is 4.79 Å². The van der Waals surface area contributed by atoms with E-state index < -0.39 is 0 Å². The highest BCUT2D eigenvalue weighted by Gasteiger charge is 2.29. The maximum Gasteiger partial charge on any atom is 0.227 e. The van der Waals surface area contributed by atoms with E-state index in [1.807, 2.05) is 0 Å². The summed E-state index contributed by atoms with van der Waals surface area (Å²) >= 11 is 0. The van der Waals surface area contributed by atoms with Crippen LogP contribution in [0.5, 0.6) is 0 Å². The quantitative estimate of drug-likeness (QED) is 0.924. The molecule has 2 rings (SSSR count). The van der Waals surface area contributed by atoms with Crippen molar-refractivity contribution in [3.8, 4) is 0 Å². The Bertz CT molecular complexity index is 498. The van der Waals surface area contributed by atoms with Gasteiger partial charge in [0.05, 0.1) is 6.42 Å². The molecule has 2 unspecified atom stereocenters. The van der Waals surface area contributed by atoms with Crippen LogP contribution >= 0.6 is 0 Å². The first kappa shape index (κ1) is 16.0. The van der Waals surface area contributed by atoms with Gasteiger partial charge in [0.1, 0.15) is 0 Å². The van der Waals surface area contributed by atoms with Crippen LogP contribution in [0.2, 0.25) is 0 Å². The molecule has 0 radical (unpaired) electrons. The van der Waals surface area contributed by atoms with Crippen molar-refractivity contribution in [1.82, 2.24) is 10.2 Å². The number of benzene rings is 1. The van der Waals surface area contributed by atoms with E-state index in [1.165, 1.54) is 11.1 Å². The van der Waals surface area contributed by atoms with Gasteiger partial charge in [-0.05, 0) is 43.4 Å². The zero-order chi connectivity index (χ0) is 15.4. The fourth-order valence-corrected chi connectivity index (χ4v) is 3.00. The average molecular weight is 288 g/mol. The normalized spacial score (nSPS) is 22.4. The Hall–Kier alpha value is -1.35. The third-order valence-electron chi connectivity index (χ3n) is 4.71. The molecule has 1 heterocycles. The van der Waals surface area contributed by atoms with E-state index in [9.17, 15) is 4.79 Å². The van der Waals surface area contributed by atoms with Crippen molar-refractivity contribution in [2.75, 3.05) is 13.1 Å². The van der Waals surface area contributed by atoms with Crippen LogP contribution in [0, 0.1) is 13.8 Å². The van der Waals surface area contributed by atoms with Gasteiger partial charge in [-0.1, -0.05) is 32.0 Å².